The first-order valence-electron chi connectivity index (χ1n) is 9.95. The van der Waals surface area contributed by atoms with Crippen molar-refractivity contribution < 1.29 is 27.1 Å². The van der Waals surface area contributed by atoms with Crippen LogP contribution in [0.4, 0.5) is 17.6 Å². The Bertz CT molecular complexity index is 1350. The van der Waals surface area contributed by atoms with Gasteiger partial charge in [-0.1, -0.05) is 19.1 Å². The van der Waals surface area contributed by atoms with Gasteiger partial charge in [0.25, 0.3) is 5.91 Å². The lowest BCUT2D eigenvalue weighted by Gasteiger charge is -2.11. The van der Waals surface area contributed by atoms with Crippen molar-refractivity contribution in [3.63, 3.8) is 0 Å². The minimum atomic E-state index is -4.80. The Balaban J connectivity index is 1.62. The highest BCUT2D eigenvalue weighted by Gasteiger charge is 2.31. The summed E-state index contributed by atoms with van der Waals surface area (Å²) in [6.45, 7) is 3.48. The number of halogens is 4. The van der Waals surface area contributed by atoms with Crippen molar-refractivity contribution in [1.29, 1.82) is 0 Å². The van der Waals surface area contributed by atoms with Gasteiger partial charge in [-0.05, 0) is 49.2 Å². The van der Waals surface area contributed by atoms with Crippen LogP contribution in [0.2, 0.25) is 0 Å². The summed E-state index contributed by atoms with van der Waals surface area (Å²) >= 11 is 0. The number of nitrogens with one attached hydrogen (secondary N) is 1. The van der Waals surface area contributed by atoms with E-state index in [1.54, 1.807) is 19.2 Å². The van der Waals surface area contributed by atoms with Crippen LogP contribution in [-0.2, 0) is 6.42 Å². The van der Waals surface area contributed by atoms with Gasteiger partial charge in [0.1, 0.15) is 11.6 Å². The van der Waals surface area contributed by atoms with Gasteiger partial charge in [0, 0.05) is 23.3 Å². The fraction of sp³-hybridized carbons (Fsp3) is 0.174. The van der Waals surface area contributed by atoms with Crippen LogP contribution in [0.3, 0.4) is 0 Å². The van der Waals surface area contributed by atoms with Crippen molar-refractivity contribution in [2.75, 3.05) is 5.43 Å². The number of carbonyl (C=O) groups is 1. The van der Waals surface area contributed by atoms with Crippen molar-refractivity contribution in [3.8, 4) is 17.1 Å². The number of hydrogen-bond acceptors (Lipinski definition) is 4. The smallest absolute Gasteiger partial charge is 0.406 e. The van der Waals surface area contributed by atoms with Crippen molar-refractivity contribution >= 4 is 16.8 Å². The second-order valence-electron chi connectivity index (χ2n) is 7.25. The van der Waals surface area contributed by atoms with Gasteiger partial charge in [-0.15, -0.1) is 13.2 Å². The molecule has 0 unspecified atom stereocenters. The Hall–Kier alpha value is -3.95. The molecule has 33 heavy (non-hydrogen) atoms. The number of nitrogens with zero attached hydrogens (tertiary/aromatic N) is 3. The fourth-order valence-corrected chi connectivity index (χ4v) is 3.47. The molecule has 6 nitrogen and oxygen atoms in total. The quantitative estimate of drug-likeness (QED) is 0.407. The number of hydrogen-bond donors (Lipinski definition) is 1. The maximum Gasteiger partial charge on any atom is 0.573 e. The molecule has 1 N–H and O–H groups in total. The second kappa shape index (κ2) is 8.53. The molecule has 0 fully saturated rings. The Kier molecular flexibility index (Phi) is 5.75. The van der Waals surface area contributed by atoms with E-state index in [2.05, 4.69) is 20.1 Å². The molecule has 2 heterocycles. The van der Waals surface area contributed by atoms with E-state index in [0.717, 1.165) is 5.56 Å². The summed E-state index contributed by atoms with van der Waals surface area (Å²) in [6, 6.07) is 9.70. The van der Waals surface area contributed by atoms with E-state index in [1.807, 2.05) is 6.92 Å². The minimum absolute atomic E-state index is 0.201. The van der Waals surface area contributed by atoms with Crippen LogP contribution in [0.5, 0.6) is 5.75 Å². The molecule has 2 aromatic carbocycles. The van der Waals surface area contributed by atoms with E-state index in [0.29, 0.717) is 28.6 Å². The summed E-state index contributed by atoms with van der Waals surface area (Å²) in [7, 11) is 0. The molecule has 0 saturated heterocycles. The van der Waals surface area contributed by atoms with Crippen molar-refractivity contribution in [2.24, 2.45) is 0 Å². The lowest BCUT2D eigenvalue weighted by Crippen LogP contribution is -2.23. The number of ether oxygens (including phenoxy) is 1. The van der Waals surface area contributed by atoms with Crippen LogP contribution in [0.15, 0.2) is 54.9 Å². The van der Waals surface area contributed by atoms with Gasteiger partial charge in [-0.2, -0.15) is 0 Å². The number of fused-ring (bicyclic) bond motifs is 1. The zero-order valence-electron chi connectivity index (χ0n) is 17.6. The van der Waals surface area contributed by atoms with Crippen molar-refractivity contribution in [1.82, 2.24) is 14.6 Å². The standard InChI is InChI=1S/C23H18F4N4O2/c1-3-14-12-31(20-8-7-17(10-18(14)20)33-23(25,26)27)30-22(32)19-11-28-21(29-13(19)2)15-5-4-6-16(24)9-15/h4-12H,3H2,1-2H3,(H,30,32). The number of aromatic nitrogens is 3. The zero-order chi connectivity index (χ0) is 23.8. The molecule has 0 aliphatic carbocycles. The maximum atomic E-state index is 13.5. The Morgan fingerprint density at radius 3 is 2.64 bits per heavy atom. The normalized spacial score (nSPS) is 11.6. The molecule has 170 valence electrons. The molecule has 2 aromatic heterocycles. The van der Waals surface area contributed by atoms with Crippen LogP contribution >= 0.6 is 0 Å². The SMILES string of the molecule is CCc1cn(NC(=O)c2cnc(-c3cccc(F)c3)nc2C)c2ccc(OC(F)(F)F)cc12. The number of benzene rings is 2. The van der Waals surface area contributed by atoms with E-state index < -0.39 is 18.1 Å². The third-order valence-corrected chi connectivity index (χ3v) is 5.00. The molecule has 0 radical (unpaired) electrons. The number of amides is 1. The second-order valence-corrected chi connectivity index (χ2v) is 7.25. The molecule has 0 atom stereocenters. The number of rotatable bonds is 5. The number of carbonyl (C=O) groups excluding carboxylic acids is 1. The summed E-state index contributed by atoms with van der Waals surface area (Å²) in [5, 5.41) is 0.522. The fourth-order valence-electron chi connectivity index (χ4n) is 3.47. The molecular formula is C23H18F4N4O2. The minimum Gasteiger partial charge on any atom is -0.406 e. The first-order valence-corrected chi connectivity index (χ1v) is 9.95. The molecule has 0 bridgehead atoms. The van der Waals surface area contributed by atoms with Crippen LogP contribution in [0.1, 0.15) is 28.5 Å². The summed E-state index contributed by atoms with van der Waals surface area (Å²) < 4.78 is 56.6. The topological polar surface area (TPSA) is 69.0 Å². The molecule has 4 rings (SSSR count). The summed E-state index contributed by atoms with van der Waals surface area (Å²) in [5.74, 6) is -0.995. The van der Waals surface area contributed by atoms with Crippen molar-refractivity contribution in [3.05, 3.63) is 77.5 Å². The van der Waals surface area contributed by atoms with Gasteiger partial charge < -0.3 is 4.74 Å². The summed E-state index contributed by atoms with van der Waals surface area (Å²) in [5.41, 5.74) is 5.00. The molecule has 10 heteroatoms. The molecule has 0 saturated carbocycles. The van der Waals surface area contributed by atoms with E-state index in [-0.39, 0.29) is 17.1 Å². The van der Waals surface area contributed by atoms with Crippen LogP contribution < -0.4 is 10.2 Å². The Morgan fingerprint density at radius 2 is 1.97 bits per heavy atom. The Labute approximate surface area is 185 Å². The van der Waals surface area contributed by atoms with E-state index in [9.17, 15) is 22.4 Å². The van der Waals surface area contributed by atoms with E-state index in [1.165, 1.54) is 47.3 Å². The Morgan fingerprint density at radius 1 is 1.18 bits per heavy atom. The highest BCUT2D eigenvalue weighted by atomic mass is 19.4. The molecule has 0 aliphatic rings. The van der Waals surface area contributed by atoms with Gasteiger partial charge >= 0.3 is 6.36 Å². The first kappa shape index (κ1) is 22.3. The van der Waals surface area contributed by atoms with Crippen LogP contribution in [-0.4, -0.2) is 26.9 Å². The third kappa shape index (κ3) is 4.79. The molecule has 4 aromatic rings. The monoisotopic (exact) mass is 458 g/mol. The predicted molar refractivity (Wildman–Crippen MR) is 114 cm³/mol. The molecular weight excluding hydrogens is 440 g/mol. The largest absolute Gasteiger partial charge is 0.573 e. The summed E-state index contributed by atoms with van der Waals surface area (Å²) in [6.07, 6.45) is -1.29. The highest BCUT2D eigenvalue weighted by Crippen LogP contribution is 2.29. The third-order valence-electron chi connectivity index (χ3n) is 5.00. The molecule has 0 aliphatic heterocycles. The van der Waals surface area contributed by atoms with E-state index >= 15 is 0 Å². The van der Waals surface area contributed by atoms with Gasteiger partial charge in [-0.3, -0.25) is 14.9 Å². The lowest BCUT2D eigenvalue weighted by molar-refractivity contribution is -0.274. The van der Waals surface area contributed by atoms with Gasteiger partial charge in [0.15, 0.2) is 5.82 Å². The molecule has 0 spiro atoms. The van der Waals surface area contributed by atoms with Crippen molar-refractivity contribution in [2.45, 2.75) is 26.6 Å². The average Bonchev–Trinajstić information content (AvgIpc) is 3.09. The predicted octanol–water partition coefficient (Wildman–Crippen LogP) is 5.39. The van der Waals surface area contributed by atoms with Gasteiger partial charge in [-0.25, -0.2) is 14.4 Å². The lowest BCUT2D eigenvalue weighted by atomic mass is 10.1. The number of aryl methyl sites for hydroxylation is 2. The average molecular weight is 458 g/mol. The highest BCUT2D eigenvalue weighted by molar-refractivity contribution is 6.02. The first-order chi connectivity index (χ1) is 15.6. The van der Waals surface area contributed by atoms with Gasteiger partial charge in [0.2, 0.25) is 0 Å². The zero-order valence-corrected chi connectivity index (χ0v) is 17.6. The van der Waals surface area contributed by atoms with Crippen LogP contribution in [0, 0.1) is 12.7 Å². The van der Waals surface area contributed by atoms with Crippen LogP contribution in [0.25, 0.3) is 22.3 Å². The molecule has 1 amide bonds. The van der Waals surface area contributed by atoms with Gasteiger partial charge in [0.05, 0.1) is 16.8 Å². The number of alkyl halides is 3. The summed E-state index contributed by atoms with van der Waals surface area (Å²) in [4.78, 5) is 21.4. The maximum absolute atomic E-state index is 13.5. The van der Waals surface area contributed by atoms with E-state index in [4.69, 9.17) is 0 Å².